The Hall–Kier alpha value is -3.16. The number of nitrogens with zero attached hydrogens (tertiary/aromatic N) is 4. The van der Waals surface area contributed by atoms with Gasteiger partial charge in [0.1, 0.15) is 5.75 Å². The van der Waals surface area contributed by atoms with Crippen molar-refractivity contribution in [3.63, 3.8) is 0 Å². The summed E-state index contributed by atoms with van der Waals surface area (Å²) < 4.78 is 7.45. The molecule has 1 aliphatic heterocycles. The lowest BCUT2D eigenvalue weighted by Gasteiger charge is -2.34. The molecule has 8 nitrogen and oxygen atoms in total. The van der Waals surface area contributed by atoms with Crippen LogP contribution in [0.5, 0.6) is 5.75 Å². The van der Waals surface area contributed by atoms with Crippen molar-refractivity contribution in [2.75, 3.05) is 7.11 Å². The maximum atomic E-state index is 14.2. The number of likely N-dealkylation sites (tertiary alicyclic amines) is 1. The Morgan fingerprint density at radius 3 is 2.44 bits per heavy atom. The van der Waals surface area contributed by atoms with Crippen LogP contribution in [-0.4, -0.2) is 56.5 Å². The van der Waals surface area contributed by atoms with Gasteiger partial charge in [-0.05, 0) is 46.6 Å². The smallest absolute Gasteiger partial charge is 0.241 e. The molecule has 2 aromatic rings. The SMILES string of the molecule is COc1ccccc1[C@]1(CC(=O)N(Cc2c(C)nn(C)c2C)C(C)C)CC(=O)N(C2CCCC2)C1=O. The molecule has 2 aliphatic rings. The van der Waals surface area contributed by atoms with Crippen molar-refractivity contribution in [2.45, 2.75) is 90.3 Å². The summed E-state index contributed by atoms with van der Waals surface area (Å²) in [4.78, 5) is 44.8. The molecule has 2 fully saturated rings. The molecule has 0 bridgehead atoms. The second-order valence-electron chi connectivity index (χ2n) is 10.5. The number of para-hydroxylation sites is 1. The third-order valence-corrected chi connectivity index (χ3v) is 8.05. The summed E-state index contributed by atoms with van der Waals surface area (Å²) in [5, 5.41) is 4.50. The summed E-state index contributed by atoms with van der Waals surface area (Å²) in [6.45, 7) is 8.29. The Bertz CT molecular complexity index is 1160. The van der Waals surface area contributed by atoms with Crippen LogP contribution in [0.1, 0.15) is 74.9 Å². The molecule has 8 heteroatoms. The van der Waals surface area contributed by atoms with Gasteiger partial charge in [-0.3, -0.25) is 24.0 Å². The van der Waals surface area contributed by atoms with Crippen molar-refractivity contribution < 1.29 is 19.1 Å². The van der Waals surface area contributed by atoms with E-state index < -0.39 is 5.41 Å². The summed E-state index contributed by atoms with van der Waals surface area (Å²) in [7, 11) is 3.45. The first-order valence-electron chi connectivity index (χ1n) is 12.9. The van der Waals surface area contributed by atoms with Gasteiger partial charge in [-0.2, -0.15) is 5.10 Å². The fourth-order valence-corrected chi connectivity index (χ4v) is 5.91. The van der Waals surface area contributed by atoms with Gasteiger partial charge in [0.15, 0.2) is 0 Å². The number of carbonyl (C=O) groups is 3. The first-order valence-corrected chi connectivity index (χ1v) is 12.9. The zero-order valence-electron chi connectivity index (χ0n) is 22.3. The highest BCUT2D eigenvalue weighted by Gasteiger charge is 2.57. The third kappa shape index (κ3) is 4.42. The van der Waals surface area contributed by atoms with Crippen LogP contribution in [-0.2, 0) is 33.4 Å². The lowest BCUT2D eigenvalue weighted by atomic mass is 9.75. The van der Waals surface area contributed by atoms with Crippen molar-refractivity contribution in [1.29, 1.82) is 0 Å². The first-order chi connectivity index (χ1) is 17.1. The lowest BCUT2D eigenvalue weighted by molar-refractivity contribution is -0.145. The van der Waals surface area contributed by atoms with Gasteiger partial charge in [-0.25, -0.2) is 0 Å². The summed E-state index contributed by atoms with van der Waals surface area (Å²) in [5.74, 6) is -0.0990. The van der Waals surface area contributed by atoms with Gasteiger partial charge in [0.25, 0.3) is 0 Å². The summed E-state index contributed by atoms with van der Waals surface area (Å²) in [5.41, 5.74) is 2.22. The molecule has 2 heterocycles. The molecule has 0 spiro atoms. The molecule has 1 saturated heterocycles. The van der Waals surface area contributed by atoms with E-state index >= 15 is 0 Å². The van der Waals surface area contributed by atoms with Crippen LogP contribution in [0.3, 0.4) is 0 Å². The Morgan fingerprint density at radius 1 is 1.19 bits per heavy atom. The number of hydrogen-bond donors (Lipinski definition) is 0. The molecule has 1 aliphatic carbocycles. The van der Waals surface area contributed by atoms with Gasteiger partial charge in [0.2, 0.25) is 17.7 Å². The van der Waals surface area contributed by atoms with Crippen LogP contribution in [0.15, 0.2) is 24.3 Å². The van der Waals surface area contributed by atoms with Crippen LogP contribution in [0.25, 0.3) is 0 Å². The van der Waals surface area contributed by atoms with E-state index in [1.54, 1.807) is 18.1 Å². The molecule has 194 valence electrons. The number of benzene rings is 1. The van der Waals surface area contributed by atoms with E-state index in [1.165, 1.54) is 4.90 Å². The van der Waals surface area contributed by atoms with Crippen molar-refractivity contribution >= 4 is 17.7 Å². The highest BCUT2D eigenvalue weighted by Crippen LogP contribution is 2.46. The molecule has 1 saturated carbocycles. The minimum Gasteiger partial charge on any atom is -0.496 e. The Morgan fingerprint density at radius 2 is 1.86 bits per heavy atom. The molecule has 0 N–H and O–H groups in total. The van der Waals surface area contributed by atoms with E-state index in [-0.39, 0.29) is 42.6 Å². The number of carbonyl (C=O) groups excluding carboxylic acids is 3. The number of ether oxygens (including phenoxy) is 1. The van der Waals surface area contributed by atoms with Crippen molar-refractivity contribution in [3.05, 3.63) is 46.8 Å². The first kappa shape index (κ1) is 25.9. The molecule has 4 rings (SSSR count). The fraction of sp³-hybridized carbons (Fsp3) is 0.571. The number of aromatic nitrogens is 2. The van der Waals surface area contributed by atoms with Crippen molar-refractivity contribution in [1.82, 2.24) is 19.6 Å². The Labute approximate surface area is 213 Å². The van der Waals surface area contributed by atoms with Gasteiger partial charge >= 0.3 is 0 Å². The van der Waals surface area contributed by atoms with Crippen molar-refractivity contribution in [2.24, 2.45) is 7.05 Å². The van der Waals surface area contributed by atoms with Crippen LogP contribution in [0.2, 0.25) is 0 Å². The maximum Gasteiger partial charge on any atom is 0.241 e. The predicted molar refractivity (Wildman–Crippen MR) is 136 cm³/mol. The van der Waals surface area contributed by atoms with Crippen LogP contribution in [0, 0.1) is 13.8 Å². The van der Waals surface area contributed by atoms with Crippen molar-refractivity contribution in [3.8, 4) is 5.75 Å². The van der Waals surface area contributed by atoms with Gasteiger partial charge in [0, 0.05) is 55.3 Å². The summed E-state index contributed by atoms with van der Waals surface area (Å²) in [6.07, 6.45) is 3.56. The van der Waals surface area contributed by atoms with Gasteiger partial charge < -0.3 is 9.64 Å². The number of imide groups is 1. The highest BCUT2D eigenvalue weighted by molar-refractivity contribution is 6.11. The van der Waals surface area contributed by atoms with E-state index in [2.05, 4.69) is 5.10 Å². The maximum absolute atomic E-state index is 14.2. The normalized spacial score (nSPS) is 20.6. The summed E-state index contributed by atoms with van der Waals surface area (Å²) >= 11 is 0. The summed E-state index contributed by atoms with van der Waals surface area (Å²) in [6, 6.07) is 7.11. The van der Waals surface area contributed by atoms with Crippen LogP contribution >= 0.6 is 0 Å². The molecule has 1 aromatic heterocycles. The standard InChI is InChI=1S/C28H38N4O4/c1-18(2)31(17-22-19(3)29-30(5)20(22)4)25(33)15-28(23-13-9-10-14-24(23)36-6)16-26(34)32(27(28)35)21-11-7-8-12-21/h9-10,13-14,18,21H,7-8,11-12,15-17H2,1-6H3/t28-/m0/s1. The zero-order valence-corrected chi connectivity index (χ0v) is 22.3. The fourth-order valence-electron chi connectivity index (χ4n) is 5.91. The molecule has 1 aromatic carbocycles. The molecule has 1 atom stereocenters. The Kier molecular flexibility index (Phi) is 7.25. The third-order valence-electron chi connectivity index (χ3n) is 8.05. The van der Waals surface area contributed by atoms with Gasteiger partial charge in [0.05, 0.1) is 18.2 Å². The van der Waals surface area contributed by atoms with E-state index in [4.69, 9.17) is 4.74 Å². The van der Waals surface area contributed by atoms with Gasteiger partial charge in [-0.15, -0.1) is 0 Å². The van der Waals surface area contributed by atoms with E-state index in [9.17, 15) is 14.4 Å². The second kappa shape index (κ2) is 10.1. The predicted octanol–water partition coefficient (Wildman–Crippen LogP) is 3.81. The number of rotatable bonds is 8. The van der Waals surface area contributed by atoms with Crippen LogP contribution in [0.4, 0.5) is 0 Å². The van der Waals surface area contributed by atoms with E-state index in [0.29, 0.717) is 17.9 Å². The number of aryl methyl sites for hydroxylation is 2. The Balaban J connectivity index is 1.74. The minimum absolute atomic E-state index is 0.0225. The largest absolute Gasteiger partial charge is 0.496 e. The zero-order chi connectivity index (χ0) is 26.2. The lowest BCUT2D eigenvalue weighted by Crippen LogP contribution is -2.47. The molecular formula is C28H38N4O4. The molecule has 0 unspecified atom stereocenters. The van der Waals surface area contributed by atoms with E-state index in [0.717, 1.165) is 42.6 Å². The van der Waals surface area contributed by atoms with Crippen LogP contribution < -0.4 is 4.74 Å². The van der Waals surface area contributed by atoms with Gasteiger partial charge in [-0.1, -0.05) is 31.0 Å². The minimum atomic E-state index is -1.28. The molecule has 0 radical (unpaired) electrons. The molecule has 3 amide bonds. The molecular weight excluding hydrogens is 456 g/mol. The highest BCUT2D eigenvalue weighted by atomic mass is 16.5. The number of methoxy groups -OCH3 is 1. The monoisotopic (exact) mass is 494 g/mol. The van der Waals surface area contributed by atoms with E-state index in [1.807, 2.05) is 57.6 Å². The average molecular weight is 495 g/mol. The quantitative estimate of drug-likeness (QED) is 0.521. The second-order valence-corrected chi connectivity index (χ2v) is 10.5. The average Bonchev–Trinajstić information content (AvgIpc) is 3.51. The number of amides is 3. The molecule has 36 heavy (non-hydrogen) atoms. The number of hydrogen-bond acceptors (Lipinski definition) is 5. The topological polar surface area (TPSA) is 84.7 Å².